The fourth-order valence-corrected chi connectivity index (χ4v) is 1.98. The largest absolute Gasteiger partial charge is 0.438 e. The summed E-state index contributed by atoms with van der Waals surface area (Å²) in [5.41, 5.74) is 7.05. The van der Waals surface area contributed by atoms with E-state index in [1.807, 2.05) is 6.92 Å². The topological polar surface area (TPSA) is 48.1 Å². The summed E-state index contributed by atoms with van der Waals surface area (Å²) >= 11 is 10.7. The van der Waals surface area contributed by atoms with Crippen LogP contribution in [0.15, 0.2) is 30.5 Å². The Hall–Kier alpha value is -1.72. The zero-order valence-electron chi connectivity index (χ0n) is 9.98. The molecule has 19 heavy (non-hydrogen) atoms. The van der Waals surface area contributed by atoms with Crippen molar-refractivity contribution in [3.8, 4) is 11.6 Å². The zero-order chi connectivity index (χ0) is 14.0. The molecule has 0 aliphatic carbocycles. The first-order chi connectivity index (χ1) is 8.99. The van der Waals surface area contributed by atoms with Crippen molar-refractivity contribution in [2.45, 2.75) is 6.92 Å². The summed E-state index contributed by atoms with van der Waals surface area (Å²) in [5, 5.41) is -0.0259. The molecule has 0 bridgehead atoms. The molecule has 2 rings (SSSR count). The molecule has 0 fully saturated rings. The Balaban J connectivity index is 2.40. The van der Waals surface area contributed by atoms with Crippen LogP contribution in [0, 0.1) is 12.7 Å². The Morgan fingerprint density at radius 1 is 1.42 bits per heavy atom. The third-order valence-corrected chi connectivity index (χ3v) is 2.97. The Morgan fingerprint density at radius 3 is 2.79 bits per heavy atom. The number of ether oxygens (including phenoxy) is 1. The van der Waals surface area contributed by atoms with E-state index >= 15 is 0 Å². The van der Waals surface area contributed by atoms with Crippen LogP contribution in [0.5, 0.6) is 11.6 Å². The Labute approximate surface area is 120 Å². The van der Waals surface area contributed by atoms with Crippen molar-refractivity contribution >= 4 is 28.8 Å². The number of aromatic nitrogens is 1. The van der Waals surface area contributed by atoms with Crippen molar-refractivity contribution < 1.29 is 9.13 Å². The maximum atomic E-state index is 13.1. The van der Waals surface area contributed by atoms with Crippen molar-refractivity contribution in [2.24, 2.45) is 5.73 Å². The average Bonchev–Trinajstić information content (AvgIpc) is 2.33. The van der Waals surface area contributed by atoms with Crippen LogP contribution in [0.2, 0.25) is 5.02 Å². The predicted octanol–water partition coefficient (Wildman–Crippen LogP) is 3.61. The van der Waals surface area contributed by atoms with E-state index in [-0.39, 0.29) is 15.9 Å². The summed E-state index contributed by atoms with van der Waals surface area (Å²) in [6.07, 6.45) is 1.58. The lowest BCUT2D eigenvalue weighted by Gasteiger charge is -2.11. The van der Waals surface area contributed by atoms with Crippen molar-refractivity contribution in [3.63, 3.8) is 0 Å². The second-order valence-electron chi connectivity index (χ2n) is 3.85. The zero-order valence-corrected chi connectivity index (χ0v) is 11.6. The predicted molar refractivity (Wildman–Crippen MR) is 76.3 cm³/mol. The van der Waals surface area contributed by atoms with Crippen molar-refractivity contribution in [1.29, 1.82) is 0 Å². The molecule has 0 unspecified atom stereocenters. The van der Waals surface area contributed by atoms with E-state index in [1.54, 1.807) is 12.3 Å². The van der Waals surface area contributed by atoms with Gasteiger partial charge in [-0.05, 0) is 30.7 Å². The van der Waals surface area contributed by atoms with Crippen LogP contribution in [0.25, 0.3) is 0 Å². The van der Waals surface area contributed by atoms with Crippen LogP contribution in [0.4, 0.5) is 4.39 Å². The minimum absolute atomic E-state index is 0.0259. The number of nitrogens with zero attached hydrogens (tertiary/aromatic N) is 1. The van der Waals surface area contributed by atoms with E-state index in [0.717, 1.165) is 5.56 Å². The number of hydrogen-bond acceptors (Lipinski definition) is 3. The summed E-state index contributed by atoms with van der Waals surface area (Å²) in [7, 11) is 0. The minimum atomic E-state index is -0.513. The van der Waals surface area contributed by atoms with Crippen LogP contribution < -0.4 is 10.5 Å². The first kappa shape index (κ1) is 13.7. The molecule has 1 aromatic carbocycles. The highest BCUT2D eigenvalue weighted by Crippen LogP contribution is 2.28. The van der Waals surface area contributed by atoms with Crippen LogP contribution in [0.1, 0.15) is 11.1 Å². The molecule has 2 aromatic rings. The maximum Gasteiger partial charge on any atom is 0.229 e. The molecule has 1 heterocycles. The van der Waals surface area contributed by atoms with Crippen molar-refractivity contribution in [1.82, 2.24) is 4.98 Å². The lowest BCUT2D eigenvalue weighted by atomic mass is 10.1. The number of pyridine rings is 1. The molecule has 1 aromatic heterocycles. The number of aryl methyl sites for hydroxylation is 1. The number of halogens is 2. The third kappa shape index (κ3) is 3.00. The molecule has 6 heteroatoms. The molecule has 0 aliphatic heterocycles. The van der Waals surface area contributed by atoms with Crippen LogP contribution in [-0.2, 0) is 0 Å². The second kappa shape index (κ2) is 5.50. The number of benzene rings is 1. The Kier molecular flexibility index (Phi) is 3.97. The van der Waals surface area contributed by atoms with Gasteiger partial charge in [0.15, 0.2) is 0 Å². The standard InChI is InChI=1S/C13H10ClFN2OS/c1-7-4-5-17-13(11(7)12(16)19)18-8-2-3-10(15)9(14)6-8/h2-6H,1H3,(H2,16,19). The molecule has 0 aliphatic rings. The van der Waals surface area contributed by atoms with E-state index in [4.69, 9.17) is 34.3 Å². The van der Waals surface area contributed by atoms with Crippen molar-refractivity contribution in [3.05, 3.63) is 52.4 Å². The summed E-state index contributed by atoms with van der Waals surface area (Å²) in [6, 6.07) is 5.81. The van der Waals surface area contributed by atoms with Crippen molar-refractivity contribution in [2.75, 3.05) is 0 Å². The van der Waals surface area contributed by atoms with Gasteiger partial charge >= 0.3 is 0 Å². The van der Waals surface area contributed by atoms with E-state index in [1.165, 1.54) is 18.2 Å². The normalized spacial score (nSPS) is 10.3. The van der Waals surface area contributed by atoms with Gasteiger partial charge in [0, 0.05) is 12.3 Å². The fourth-order valence-electron chi connectivity index (χ4n) is 1.56. The van der Waals surface area contributed by atoms with Crippen LogP contribution >= 0.6 is 23.8 Å². The fraction of sp³-hybridized carbons (Fsp3) is 0.0769. The highest BCUT2D eigenvalue weighted by atomic mass is 35.5. The van der Waals surface area contributed by atoms with Crippen LogP contribution in [-0.4, -0.2) is 9.97 Å². The van der Waals surface area contributed by atoms with E-state index < -0.39 is 5.82 Å². The summed E-state index contributed by atoms with van der Waals surface area (Å²) in [6.45, 7) is 1.85. The minimum Gasteiger partial charge on any atom is -0.438 e. The molecular weight excluding hydrogens is 287 g/mol. The number of rotatable bonds is 3. The summed E-state index contributed by atoms with van der Waals surface area (Å²) in [4.78, 5) is 4.27. The lowest BCUT2D eigenvalue weighted by Crippen LogP contribution is -2.13. The van der Waals surface area contributed by atoms with Gasteiger partial charge in [-0.3, -0.25) is 0 Å². The molecule has 0 spiro atoms. The number of hydrogen-bond donors (Lipinski definition) is 1. The van der Waals surface area contributed by atoms with E-state index in [9.17, 15) is 4.39 Å². The SMILES string of the molecule is Cc1ccnc(Oc2ccc(F)c(Cl)c2)c1C(N)=S. The monoisotopic (exact) mass is 296 g/mol. The molecule has 0 saturated heterocycles. The van der Waals surface area contributed by atoms with Gasteiger partial charge in [-0.15, -0.1) is 0 Å². The van der Waals surface area contributed by atoms with Gasteiger partial charge in [0.1, 0.15) is 16.6 Å². The molecule has 2 N–H and O–H groups in total. The first-order valence-electron chi connectivity index (χ1n) is 5.37. The smallest absolute Gasteiger partial charge is 0.229 e. The van der Waals surface area contributed by atoms with Crippen LogP contribution in [0.3, 0.4) is 0 Å². The van der Waals surface area contributed by atoms with Gasteiger partial charge in [0.25, 0.3) is 0 Å². The number of thiocarbonyl (C=S) groups is 1. The molecule has 0 atom stereocenters. The Bertz CT molecular complexity index is 649. The quantitative estimate of drug-likeness (QED) is 0.879. The first-order valence-corrected chi connectivity index (χ1v) is 6.16. The highest BCUT2D eigenvalue weighted by Gasteiger charge is 2.12. The molecule has 3 nitrogen and oxygen atoms in total. The summed E-state index contributed by atoms with van der Waals surface area (Å²) in [5.74, 6) is 0.123. The maximum absolute atomic E-state index is 13.1. The highest BCUT2D eigenvalue weighted by molar-refractivity contribution is 7.80. The average molecular weight is 297 g/mol. The van der Waals surface area contributed by atoms with Gasteiger partial charge < -0.3 is 10.5 Å². The molecule has 0 amide bonds. The number of nitrogens with two attached hydrogens (primary N) is 1. The van der Waals surface area contributed by atoms with E-state index in [2.05, 4.69) is 4.98 Å². The molecule has 0 radical (unpaired) electrons. The Morgan fingerprint density at radius 2 is 2.16 bits per heavy atom. The molecule has 98 valence electrons. The molecular formula is C13H10ClFN2OS. The molecule has 0 saturated carbocycles. The third-order valence-electron chi connectivity index (χ3n) is 2.48. The van der Waals surface area contributed by atoms with Gasteiger partial charge in [-0.2, -0.15) is 0 Å². The van der Waals surface area contributed by atoms with Gasteiger partial charge in [0.05, 0.1) is 10.6 Å². The van der Waals surface area contributed by atoms with Gasteiger partial charge in [-0.25, -0.2) is 9.37 Å². The van der Waals surface area contributed by atoms with E-state index in [0.29, 0.717) is 11.3 Å². The summed E-state index contributed by atoms with van der Waals surface area (Å²) < 4.78 is 18.6. The lowest BCUT2D eigenvalue weighted by molar-refractivity contribution is 0.460. The second-order valence-corrected chi connectivity index (χ2v) is 4.70. The van der Waals surface area contributed by atoms with Gasteiger partial charge in [0.2, 0.25) is 5.88 Å². The van der Waals surface area contributed by atoms with Gasteiger partial charge in [-0.1, -0.05) is 23.8 Å².